The van der Waals surface area contributed by atoms with Gasteiger partial charge in [0.05, 0.1) is 25.4 Å². The van der Waals surface area contributed by atoms with E-state index in [1.54, 1.807) is 0 Å². The molecule has 1 aromatic rings. The van der Waals surface area contributed by atoms with Crippen LogP contribution in [0.1, 0.15) is 18.4 Å². The van der Waals surface area contributed by atoms with Gasteiger partial charge in [-0.15, -0.1) is 0 Å². The fraction of sp³-hybridized carbons (Fsp3) is 0.600. The summed E-state index contributed by atoms with van der Waals surface area (Å²) in [4.78, 5) is 0. The van der Waals surface area contributed by atoms with Crippen LogP contribution in [0.5, 0.6) is 0 Å². The summed E-state index contributed by atoms with van der Waals surface area (Å²) in [7, 11) is 0. The van der Waals surface area contributed by atoms with Crippen LogP contribution < -0.4 is 5.32 Å². The van der Waals surface area contributed by atoms with Gasteiger partial charge in [-0.3, -0.25) is 0 Å². The highest BCUT2D eigenvalue weighted by Gasteiger charge is 2.15. The highest BCUT2D eigenvalue weighted by molar-refractivity contribution is 6.30. The smallest absolute Gasteiger partial charge is 0.0897 e. The van der Waals surface area contributed by atoms with Crippen molar-refractivity contribution < 1.29 is 14.6 Å². The Labute approximate surface area is 125 Å². The van der Waals surface area contributed by atoms with Crippen molar-refractivity contribution >= 4 is 11.6 Å². The van der Waals surface area contributed by atoms with Crippen LogP contribution >= 0.6 is 11.6 Å². The van der Waals surface area contributed by atoms with E-state index in [1.807, 2.05) is 24.3 Å². The Morgan fingerprint density at radius 3 is 3.15 bits per heavy atom. The second kappa shape index (κ2) is 8.60. The Morgan fingerprint density at radius 2 is 2.40 bits per heavy atom. The van der Waals surface area contributed by atoms with Crippen LogP contribution in [-0.2, 0) is 16.0 Å². The SMILES string of the molecule is OC(CNCc1cccc(Cl)c1)COCC1CCCO1. The van der Waals surface area contributed by atoms with E-state index in [-0.39, 0.29) is 6.10 Å². The third-order valence-electron chi connectivity index (χ3n) is 3.24. The molecule has 2 rings (SSSR count). The summed E-state index contributed by atoms with van der Waals surface area (Å²) in [5.41, 5.74) is 1.10. The summed E-state index contributed by atoms with van der Waals surface area (Å²) in [5, 5.41) is 13.7. The molecule has 1 aliphatic rings. The van der Waals surface area contributed by atoms with Crippen molar-refractivity contribution in [1.29, 1.82) is 0 Å². The summed E-state index contributed by atoms with van der Waals surface area (Å²) in [5.74, 6) is 0. The molecule has 112 valence electrons. The monoisotopic (exact) mass is 299 g/mol. The fourth-order valence-corrected chi connectivity index (χ4v) is 2.41. The van der Waals surface area contributed by atoms with Crippen molar-refractivity contribution in [2.75, 3.05) is 26.4 Å². The van der Waals surface area contributed by atoms with Crippen LogP contribution in [-0.4, -0.2) is 43.7 Å². The van der Waals surface area contributed by atoms with Gasteiger partial charge in [0, 0.05) is 24.7 Å². The first kappa shape index (κ1) is 15.7. The van der Waals surface area contributed by atoms with Crippen LogP contribution in [0.2, 0.25) is 5.02 Å². The molecule has 2 atom stereocenters. The number of nitrogens with one attached hydrogen (secondary N) is 1. The fourth-order valence-electron chi connectivity index (χ4n) is 2.20. The van der Waals surface area contributed by atoms with E-state index in [2.05, 4.69) is 5.32 Å². The lowest BCUT2D eigenvalue weighted by Gasteiger charge is -2.14. The van der Waals surface area contributed by atoms with Gasteiger partial charge in [0.15, 0.2) is 0 Å². The van der Waals surface area contributed by atoms with E-state index in [4.69, 9.17) is 21.1 Å². The van der Waals surface area contributed by atoms with Gasteiger partial charge in [-0.1, -0.05) is 23.7 Å². The minimum atomic E-state index is -0.504. The lowest BCUT2D eigenvalue weighted by Crippen LogP contribution is -2.31. The zero-order valence-electron chi connectivity index (χ0n) is 11.6. The molecule has 5 heteroatoms. The van der Waals surface area contributed by atoms with Gasteiger partial charge in [0.2, 0.25) is 0 Å². The van der Waals surface area contributed by atoms with E-state index in [0.29, 0.717) is 26.3 Å². The molecule has 1 aromatic carbocycles. The van der Waals surface area contributed by atoms with Gasteiger partial charge in [-0.05, 0) is 30.5 Å². The predicted octanol–water partition coefficient (Wildman–Crippen LogP) is 1.99. The second-order valence-corrected chi connectivity index (χ2v) is 5.52. The van der Waals surface area contributed by atoms with E-state index in [9.17, 15) is 5.11 Å². The number of benzene rings is 1. The first-order valence-electron chi connectivity index (χ1n) is 7.06. The predicted molar refractivity (Wildman–Crippen MR) is 79.0 cm³/mol. The van der Waals surface area contributed by atoms with Crippen molar-refractivity contribution in [2.24, 2.45) is 0 Å². The molecule has 2 unspecified atom stereocenters. The molecule has 0 saturated carbocycles. The second-order valence-electron chi connectivity index (χ2n) is 5.09. The van der Waals surface area contributed by atoms with Crippen molar-refractivity contribution in [3.63, 3.8) is 0 Å². The maximum Gasteiger partial charge on any atom is 0.0897 e. The Morgan fingerprint density at radius 1 is 1.50 bits per heavy atom. The maximum absolute atomic E-state index is 9.80. The summed E-state index contributed by atoms with van der Waals surface area (Å²) in [6.45, 7) is 2.92. The Balaban J connectivity index is 1.54. The average molecular weight is 300 g/mol. The number of hydrogen-bond acceptors (Lipinski definition) is 4. The molecule has 0 aromatic heterocycles. The number of rotatable bonds is 8. The lowest BCUT2D eigenvalue weighted by atomic mass is 10.2. The van der Waals surface area contributed by atoms with Crippen molar-refractivity contribution in [3.05, 3.63) is 34.9 Å². The van der Waals surface area contributed by atoms with Crippen molar-refractivity contribution in [2.45, 2.75) is 31.6 Å². The van der Waals surface area contributed by atoms with Gasteiger partial charge >= 0.3 is 0 Å². The lowest BCUT2D eigenvalue weighted by molar-refractivity contribution is -0.0164. The van der Waals surface area contributed by atoms with Gasteiger partial charge in [0.25, 0.3) is 0 Å². The zero-order valence-corrected chi connectivity index (χ0v) is 12.3. The van der Waals surface area contributed by atoms with Gasteiger partial charge in [-0.25, -0.2) is 0 Å². The highest BCUT2D eigenvalue weighted by atomic mass is 35.5. The minimum absolute atomic E-state index is 0.210. The number of hydrogen-bond donors (Lipinski definition) is 2. The highest BCUT2D eigenvalue weighted by Crippen LogP contribution is 2.12. The number of halogens is 1. The molecule has 0 bridgehead atoms. The summed E-state index contributed by atoms with van der Waals surface area (Å²) < 4.78 is 10.9. The van der Waals surface area contributed by atoms with Gasteiger partial charge in [0.1, 0.15) is 0 Å². The average Bonchev–Trinajstić information content (AvgIpc) is 2.92. The number of aliphatic hydroxyl groups excluding tert-OH is 1. The molecule has 1 aliphatic heterocycles. The molecular weight excluding hydrogens is 278 g/mol. The number of ether oxygens (including phenoxy) is 2. The van der Waals surface area contributed by atoms with E-state index >= 15 is 0 Å². The van der Waals surface area contributed by atoms with Crippen LogP contribution in [0.25, 0.3) is 0 Å². The minimum Gasteiger partial charge on any atom is -0.389 e. The Bertz CT molecular complexity index is 396. The summed E-state index contributed by atoms with van der Waals surface area (Å²) >= 11 is 5.91. The maximum atomic E-state index is 9.80. The van der Waals surface area contributed by atoms with E-state index < -0.39 is 6.10 Å². The summed E-state index contributed by atoms with van der Waals surface area (Å²) in [6.07, 6.45) is 1.87. The number of aliphatic hydroxyl groups is 1. The molecular formula is C15H22ClNO3. The van der Waals surface area contributed by atoms with Gasteiger partial charge in [-0.2, -0.15) is 0 Å². The summed E-state index contributed by atoms with van der Waals surface area (Å²) in [6, 6.07) is 7.67. The normalized spacial score (nSPS) is 20.2. The Hall–Kier alpha value is -0.650. The standard InChI is InChI=1S/C15H22ClNO3/c16-13-4-1-3-12(7-13)8-17-9-14(18)10-19-11-15-5-2-6-20-15/h1,3-4,7,14-15,17-18H,2,5-6,8-11H2. The molecule has 1 heterocycles. The molecule has 4 nitrogen and oxygen atoms in total. The quantitative estimate of drug-likeness (QED) is 0.771. The van der Waals surface area contributed by atoms with E-state index in [1.165, 1.54) is 0 Å². The van der Waals surface area contributed by atoms with Crippen molar-refractivity contribution in [3.8, 4) is 0 Å². The first-order chi connectivity index (χ1) is 9.74. The third-order valence-corrected chi connectivity index (χ3v) is 3.47. The third kappa shape index (κ3) is 5.77. The molecule has 0 radical (unpaired) electrons. The zero-order chi connectivity index (χ0) is 14.2. The molecule has 1 fully saturated rings. The molecule has 2 N–H and O–H groups in total. The van der Waals surface area contributed by atoms with Crippen LogP contribution in [0, 0.1) is 0 Å². The topological polar surface area (TPSA) is 50.7 Å². The van der Waals surface area contributed by atoms with Gasteiger partial charge < -0.3 is 19.9 Å². The molecule has 0 spiro atoms. The van der Waals surface area contributed by atoms with Crippen molar-refractivity contribution in [1.82, 2.24) is 5.32 Å². The van der Waals surface area contributed by atoms with Crippen LogP contribution in [0.3, 0.4) is 0 Å². The largest absolute Gasteiger partial charge is 0.389 e. The van der Waals surface area contributed by atoms with Crippen LogP contribution in [0.4, 0.5) is 0 Å². The van der Waals surface area contributed by atoms with E-state index in [0.717, 1.165) is 30.0 Å². The molecule has 1 saturated heterocycles. The molecule has 0 aliphatic carbocycles. The first-order valence-corrected chi connectivity index (χ1v) is 7.44. The van der Waals surface area contributed by atoms with Crippen LogP contribution in [0.15, 0.2) is 24.3 Å². The molecule has 0 amide bonds. The molecule has 20 heavy (non-hydrogen) atoms. The Kier molecular flexibility index (Phi) is 6.76.